The quantitative estimate of drug-likeness (QED) is 0.673. The van der Waals surface area contributed by atoms with Crippen LogP contribution in [0.2, 0.25) is 0 Å². The number of benzene rings is 2. The van der Waals surface area contributed by atoms with Gasteiger partial charge in [0.1, 0.15) is 16.4 Å². The van der Waals surface area contributed by atoms with Crippen LogP contribution in [0.15, 0.2) is 65.7 Å². The molecule has 1 aliphatic rings. The van der Waals surface area contributed by atoms with Crippen LogP contribution in [0, 0.1) is 5.82 Å². The Balaban J connectivity index is 1.66. The first kappa shape index (κ1) is 18.8. The molecule has 7 heteroatoms. The van der Waals surface area contributed by atoms with Crippen molar-refractivity contribution < 1.29 is 12.8 Å². The summed E-state index contributed by atoms with van der Waals surface area (Å²) >= 11 is 0. The van der Waals surface area contributed by atoms with Crippen molar-refractivity contribution >= 4 is 10.0 Å². The van der Waals surface area contributed by atoms with E-state index in [9.17, 15) is 12.8 Å². The lowest BCUT2D eigenvalue weighted by atomic mass is 10.2. The molecule has 1 fully saturated rings. The molecule has 0 saturated heterocycles. The molecule has 4 rings (SSSR count). The SMILES string of the molecule is O=S(=O)(NCc1ccc(F)cc1)c1cn(C2CCCC2)nc1-c1ccccc1. The van der Waals surface area contributed by atoms with Crippen molar-refractivity contribution in [3.05, 3.63) is 72.2 Å². The van der Waals surface area contributed by atoms with Crippen LogP contribution in [0.4, 0.5) is 4.39 Å². The van der Waals surface area contributed by atoms with Gasteiger partial charge in [-0.1, -0.05) is 55.3 Å². The summed E-state index contributed by atoms with van der Waals surface area (Å²) in [7, 11) is -3.78. The molecular formula is C21H22FN3O2S. The second-order valence-corrected chi connectivity index (χ2v) is 8.81. The van der Waals surface area contributed by atoms with Crippen molar-refractivity contribution in [3.63, 3.8) is 0 Å². The average molecular weight is 399 g/mol. The highest BCUT2D eigenvalue weighted by atomic mass is 32.2. The zero-order chi connectivity index (χ0) is 19.6. The van der Waals surface area contributed by atoms with Crippen LogP contribution in [0.5, 0.6) is 0 Å². The number of hydrogen-bond acceptors (Lipinski definition) is 3. The van der Waals surface area contributed by atoms with Crippen LogP contribution in [-0.4, -0.2) is 18.2 Å². The van der Waals surface area contributed by atoms with Gasteiger partial charge in [0.25, 0.3) is 0 Å². The molecule has 1 saturated carbocycles. The molecule has 146 valence electrons. The van der Waals surface area contributed by atoms with Gasteiger partial charge >= 0.3 is 0 Å². The monoisotopic (exact) mass is 399 g/mol. The summed E-state index contributed by atoms with van der Waals surface area (Å²) in [5.41, 5.74) is 1.91. The maximum Gasteiger partial charge on any atom is 0.244 e. The second kappa shape index (κ2) is 7.85. The molecule has 5 nitrogen and oxygen atoms in total. The third-order valence-corrected chi connectivity index (χ3v) is 6.52. The first-order chi connectivity index (χ1) is 13.5. The smallest absolute Gasteiger partial charge is 0.244 e. The van der Waals surface area contributed by atoms with E-state index >= 15 is 0 Å². The number of rotatable bonds is 6. The Morgan fingerprint density at radius 1 is 1.04 bits per heavy atom. The molecule has 1 aromatic heterocycles. The Kier molecular flexibility index (Phi) is 5.28. The minimum atomic E-state index is -3.78. The highest BCUT2D eigenvalue weighted by Gasteiger charge is 2.26. The van der Waals surface area contributed by atoms with E-state index < -0.39 is 10.0 Å². The third kappa shape index (κ3) is 4.00. The number of sulfonamides is 1. The standard InChI is InChI=1S/C21H22FN3O2S/c22-18-12-10-16(11-13-18)14-23-28(26,27)20-15-25(19-8-4-5-9-19)24-21(20)17-6-2-1-3-7-17/h1-3,6-7,10-13,15,19,23H,4-5,8-9,14H2. The predicted octanol–water partition coefficient (Wildman–Crippen LogP) is 4.28. The third-order valence-electron chi connectivity index (χ3n) is 5.11. The average Bonchev–Trinajstić information content (AvgIpc) is 3.38. The summed E-state index contributed by atoms with van der Waals surface area (Å²) in [5.74, 6) is -0.351. The molecule has 3 aromatic rings. The van der Waals surface area contributed by atoms with Gasteiger partial charge < -0.3 is 0 Å². The fourth-order valence-corrected chi connectivity index (χ4v) is 4.75. The van der Waals surface area contributed by atoms with Gasteiger partial charge in [-0.05, 0) is 30.5 Å². The summed E-state index contributed by atoms with van der Waals surface area (Å²) in [6, 6.07) is 15.4. The van der Waals surface area contributed by atoms with Gasteiger partial charge in [0.2, 0.25) is 10.0 Å². The van der Waals surface area contributed by atoms with E-state index in [1.54, 1.807) is 18.3 Å². The van der Waals surface area contributed by atoms with E-state index in [-0.39, 0.29) is 23.3 Å². The van der Waals surface area contributed by atoms with Gasteiger partial charge in [0.05, 0.1) is 6.04 Å². The highest BCUT2D eigenvalue weighted by Crippen LogP contribution is 2.33. The van der Waals surface area contributed by atoms with Crippen LogP contribution >= 0.6 is 0 Å². The van der Waals surface area contributed by atoms with Gasteiger partial charge in [-0.15, -0.1) is 0 Å². The maximum absolute atomic E-state index is 13.1. The van der Waals surface area contributed by atoms with Crippen molar-refractivity contribution in [1.82, 2.24) is 14.5 Å². The van der Waals surface area contributed by atoms with E-state index in [0.29, 0.717) is 11.3 Å². The van der Waals surface area contributed by atoms with E-state index in [0.717, 1.165) is 31.2 Å². The minimum Gasteiger partial charge on any atom is -0.268 e. The lowest BCUT2D eigenvalue weighted by Gasteiger charge is -2.08. The maximum atomic E-state index is 13.1. The predicted molar refractivity (Wildman–Crippen MR) is 106 cm³/mol. The van der Waals surface area contributed by atoms with Crippen LogP contribution < -0.4 is 4.72 Å². The molecule has 28 heavy (non-hydrogen) atoms. The summed E-state index contributed by atoms with van der Waals surface area (Å²) in [4.78, 5) is 0.174. The Bertz CT molecular complexity index is 1040. The lowest BCUT2D eigenvalue weighted by Crippen LogP contribution is -2.23. The van der Waals surface area contributed by atoms with Gasteiger partial charge in [-0.3, -0.25) is 4.68 Å². The van der Waals surface area contributed by atoms with Crippen LogP contribution in [-0.2, 0) is 16.6 Å². The molecule has 0 atom stereocenters. The number of nitrogens with zero attached hydrogens (tertiary/aromatic N) is 2. The molecule has 1 N–H and O–H groups in total. The molecule has 0 spiro atoms. The molecule has 0 radical (unpaired) electrons. The molecule has 0 amide bonds. The van der Waals surface area contributed by atoms with E-state index in [4.69, 9.17) is 0 Å². The van der Waals surface area contributed by atoms with E-state index in [1.165, 1.54) is 12.1 Å². The van der Waals surface area contributed by atoms with Crippen molar-refractivity contribution in [3.8, 4) is 11.3 Å². The number of hydrogen-bond donors (Lipinski definition) is 1. The molecule has 0 bridgehead atoms. The van der Waals surface area contributed by atoms with E-state index in [1.807, 2.05) is 35.0 Å². The molecule has 2 aromatic carbocycles. The van der Waals surface area contributed by atoms with Gasteiger partial charge in [0.15, 0.2) is 0 Å². The molecule has 0 aliphatic heterocycles. The Hall–Kier alpha value is -2.51. The highest BCUT2D eigenvalue weighted by molar-refractivity contribution is 7.89. The molecule has 1 aliphatic carbocycles. The van der Waals surface area contributed by atoms with Crippen molar-refractivity contribution in [2.24, 2.45) is 0 Å². The van der Waals surface area contributed by atoms with Crippen LogP contribution in [0.1, 0.15) is 37.3 Å². The number of nitrogens with one attached hydrogen (secondary N) is 1. The number of aromatic nitrogens is 2. The first-order valence-corrected chi connectivity index (χ1v) is 10.9. The molecule has 0 unspecified atom stereocenters. The number of halogens is 1. The van der Waals surface area contributed by atoms with Crippen molar-refractivity contribution in [2.75, 3.05) is 0 Å². The van der Waals surface area contributed by atoms with Gasteiger partial charge in [-0.2, -0.15) is 5.10 Å². The lowest BCUT2D eigenvalue weighted by molar-refractivity contribution is 0.467. The largest absolute Gasteiger partial charge is 0.268 e. The zero-order valence-electron chi connectivity index (χ0n) is 15.4. The van der Waals surface area contributed by atoms with Crippen LogP contribution in [0.25, 0.3) is 11.3 Å². The fraction of sp³-hybridized carbons (Fsp3) is 0.286. The minimum absolute atomic E-state index is 0.0887. The zero-order valence-corrected chi connectivity index (χ0v) is 16.2. The van der Waals surface area contributed by atoms with Crippen LogP contribution in [0.3, 0.4) is 0 Å². The van der Waals surface area contributed by atoms with E-state index in [2.05, 4.69) is 9.82 Å². The summed E-state index contributed by atoms with van der Waals surface area (Å²) in [6.07, 6.45) is 5.94. The normalized spacial score (nSPS) is 15.2. The van der Waals surface area contributed by atoms with Gasteiger partial charge in [-0.25, -0.2) is 17.5 Å². The Morgan fingerprint density at radius 3 is 2.39 bits per heavy atom. The Labute approximate surface area is 164 Å². The summed E-state index contributed by atoms with van der Waals surface area (Å²) in [5, 5.41) is 4.64. The fourth-order valence-electron chi connectivity index (χ4n) is 3.58. The topological polar surface area (TPSA) is 64.0 Å². The molecule has 1 heterocycles. The van der Waals surface area contributed by atoms with Crippen molar-refractivity contribution in [1.29, 1.82) is 0 Å². The van der Waals surface area contributed by atoms with Crippen molar-refractivity contribution in [2.45, 2.75) is 43.2 Å². The first-order valence-electron chi connectivity index (χ1n) is 9.41. The second-order valence-electron chi connectivity index (χ2n) is 7.08. The summed E-state index contributed by atoms with van der Waals surface area (Å²) in [6.45, 7) is 0.0887. The summed E-state index contributed by atoms with van der Waals surface area (Å²) < 4.78 is 43.6. The van der Waals surface area contributed by atoms with Gasteiger partial charge in [0, 0.05) is 18.3 Å². The molecular weight excluding hydrogens is 377 g/mol. The Morgan fingerprint density at radius 2 is 1.71 bits per heavy atom.